The number of rotatable bonds is 8. The highest BCUT2D eigenvalue weighted by atomic mass is 16.5. The molecule has 0 bridgehead atoms. The van der Waals surface area contributed by atoms with Gasteiger partial charge in [-0.05, 0) is 24.6 Å². The fraction of sp³-hybridized carbons (Fsp3) is 0.278. The Balaban J connectivity index is 3.07. The van der Waals surface area contributed by atoms with Gasteiger partial charge in [0.05, 0.1) is 14.2 Å². The van der Waals surface area contributed by atoms with E-state index in [4.69, 9.17) is 9.47 Å². The normalized spacial score (nSPS) is 10.8. The minimum Gasteiger partial charge on any atom is -0.497 e. The summed E-state index contributed by atoms with van der Waals surface area (Å²) in [6.45, 7) is 10.2. The fourth-order valence-electron chi connectivity index (χ4n) is 2.04. The number of hydrogen-bond acceptors (Lipinski definition) is 3. The molecule has 0 spiro atoms. The predicted molar refractivity (Wildman–Crippen MR) is 90.2 cm³/mol. The van der Waals surface area contributed by atoms with Crippen molar-refractivity contribution in [3.63, 3.8) is 0 Å². The first-order valence-electron chi connectivity index (χ1n) is 6.98. The zero-order valence-corrected chi connectivity index (χ0v) is 13.5. The first-order chi connectivity index (χ1) is 10.6. The predicted octanol–water partition coefficient (Wildman–Crippen LogP) is 3.31. The molecule has 0 fully saturated rings. The van der Waals surface area contributed by atoms with Crippen LogP contribution in [0.25, 0.3) is 5.57 Å². The quantitative estimate of drug-likeness (QED) is 0.546. The monoisotopic (exact) mass is 301 g/mol. The molecule has 0 aromatic heterocycles. The molecule has 0 saturated carbocycles. The summed E-state index contributed by atoms with van der Waals surface area (Å²) in [5, 5.41) is 0. The number of hydrogen-bond donors (Lipinski definition) is 0. The summed E-state index contributed by atoms with van der Waals surface area (Å²) in [7, 11) is 3.19. The molecule has 4 nitrogen and oxygen atoms in total. The number of amides is 1. The molecule has 0 radical (unpaired) electrons. The van der Waals surface area contributed by atoms with Crippen LogP contribution >= 0.6 is 0 Å². The van der Waals surface area contributed by atoms with Crippen molar-refractivity contribution in [1.82, 2.24) is 4.90 Å². The van der Waals surface area contributed by atoms with Crippen LogP contribution in [0, 0.1) is 0 Å². The number of ether oxygens (including phenoxy) is 2. The summed E-state index contributed by atoms with van der Waals surface area (Å²) in [6.07, 6.45) is 4.98. The van der Waals surface area contributed by atoms with E-state index in [-0.39, 0.29) is 5.91 Å². The molecule has 0 aliphatic heterocycles. The number of allylic oxidation sites excluding steroid dienone is 1. The van der Waals surface area contributed by atoms with Crippen LogP contribution in [0.5, 0.6) is 11.5 Å². The average molecular weight is 301 g/mol. The first-order valence-corrected chi connectivity index (χ1v) is 6.98. The van der Waals surface area contributed by atoms with Crippen molar-refractivity contribution in [3.05, 3.63) is 55.1 Å². The lowest BCUT2D eigenvalue weighted by Gasteiger charge is -2.18. The Labute approximate surface area is 132 Å². The minimum atomic E-state index is -0.0878. The van der Waals surface area contributed by atoms with Crippen molar-refractivity contribution in [3.8, 4) is 11.5 Å². The van der Waals surface area contributed by atoms with Crippen molar-refractivity contribution in [1.29, 1.82) is 0 Å². The van der Waals surface area contributed by atoms with Crippen LogP contribution in [0.3, 0.4) is 0 Å². The third-order valence-electron chi connectivity index (χ3n) is 3.18. The molecule has 1 aromatic carbocycles. The van der Waals surface area contributed by atoms with Gasteiger partial charge in [-0.25, -0.2) is 0 Å². The van der Waals surface area contributed by atoms with Crippen molar-refractivity contribution < 1.29 is 14.3 Å². The van der Waals surface area contributed by atoms with Gasteiger partial charge in [-0.1, -0.05) is 12.2 Å². The van der Waals surface area contributed by atoms with Crippen LogP contribution in [0.1, 0.15) is 12.5 Å². The van der Waals surface area contributed by atoms with Crippen LogP contribution in [0.15, 0.2) is 49.6 Å². The Bertz CT molecular complexity index is 566. The number of nitrogens with zero attached hydrogens (tertiary/aromatic N) is 1. The molecular formula is C18H23NO3. The lowest BCUT2D eigenvalue weighted by Crippen LogP contribution is -2.29. The zero-order chi connectivity index (χ0) is 16.5. The molecule has 4 heteroatoms. The summed E-state index contributed by atoms with van der Waals surface area (Å²) in [5.74, 6) is 1.29. The van der Waals surface area contributed by atoms with Crippen molar-refractivity contribution >= 4 is 11.5 Å². The molecule has 1 aromatic rings. The molecule has 0 N–H and O–H groups in total. The Kier molecular flexibility index (Phi) is 6.96. The number of methoxy groups -OCH3 is 2. The van der Waals surface area contributed by atoms with E-state index in [1.807, 2.05) is 19.1 Å². The number of benzene rings is 1. The molecule has 118 valence electrons. The van der Waals surface area contributed by atoms with E-state index in [1.54, 1.807) is 43.4 Å². The van der Waals surface area contributed by atoms with Crippen molar-refractivity contribution in [2.24, 2.45) is 0 Å². The standard InChI is InChI=1S/C18H23NO3/c1-6-10-19(11-7-2)18(20)12-14(3)16-9-8-15(21-4)13-17(16)22-5/h6-9,12-13H,1-2,10-11H2,3-5H3/b14-12+. The largest absolute Gasteiger partial charge is 0.497 e. The van der Waals surface area contributed by atoms with Crippen LogP contribution in [0.4, 0.5) is 0 Å². The van der Waals surface area contributed by atoms with E-state index in [0.29, 0.717) is 24.6 Å². The van der Waals surface area contributed by atoms with Gasteiger partial charge in [-0.15, -0.1) is 13.2 Å². The zero-order valence-electron chi connectivity index (χ0n) is 13.5. The van der Waals surface area contributed by atoms with Gasteiger partial charge in [0.2, 0.25) is 5.91 Å². The summed E-state index contributed by atoms with van der Waals surface area (Å²) in [4.78, 5) is 14.0. The van der Waals surface area contributed by atoms with Crippen molar-refractivity contribution in [2.45, 2.75) is 6.92 Å². The topological polar surface area (TPSA) is 38.8 Å². The highest BCUT2D eigenvalue weighted by Gasteiger charge is 2.11. The molecule has 0 aliphatic carbocycles. The Morgan fingerprint density at radius 2 is 1.82 bits per heavy atom. The van der Waals surface area contributed by atoms with Gasteiger partial charge >= 0.3 is 0 Å². The highest BCUT2D eigenvalue weighted by Crippen LogP contribution is 2.29. The Hall–Kier alpha value is -2.49. The van der Waals surface area contributed by atoms with E-state index >= 15 is 0 Å². The molecule has 22 heavy (non-hydrogen) atoms. The van der Waals surface area contributed by atoms with Crippen LogP contribution < -0.4 is 9.47 Å². The lowest BCUT2D eigenvalue weighted by atomic mass is 10.1. The smallest absolute Gasteiger partial charge is 0.247 e. The van der Waals surface area contributed by atoms with E-state index in [1.165, 1.54) is 0 Å². The molecular weight excluding hydrogens is 278 g/mol. The van der Waals surface area contributed by atoms with E-state index in [9.17, 15) is 4.79 Å². The maximum Gasteiger partial charge on any atom is 0.247 e. The van der Waals surface area contributed by atoms with E-state index in [2.05, 4.69) is 13.2 Å². The second-order valence-corrected chi connectivity index (χ2v) is 4.71. The summed E-state index contributed by atoms with van der Waals surface area (Å²) in [5.41, 5.74) is 1.68. The Morgan fingerprint density at radius 1 is 1.18 bits per heavy atom. The van der Waals surface area contributed by atoms with Gasteiger partial charge in [-0.3, -0.25) is 4.79 Å². The maximum absolute atomic E-state index is 12.3. The van der Waals surface area contributed by atoms with Crippen LogP contribution in [0.2, 0.25) is 0 Å². The molecule has 1 amide bonds. The third kappa shape index (κ3) is 4.52. The average Bonchev–Trinajstić information content (AvgIpc) is 2.53. The van der Waals surface area contributed by atoms with Crippen LogP contribution in [-0.2, 0) is 4.79 Å². The lowest BCUT2D eigenvalue weighted by molar-refractivity contribution is -0.125. The SMILES string of the molecule is C=CCN(CC=C)C(=O)/C=C(\C)c1ccc(OC)cc1OC. The molecule has 1 rings (SSSR count). The van der Waals surface area contributed by atoms with E-state index in [0.717, 1.165) is 11.1 Å². The van der Waals surface area contributed by atoms with Gasteiger partial charge in [0.15, 0.2) is 0 Å². The van der Waals surface area contributed by atoms with Gasteiger partial charge in [0.1, 0.15) is 11.5 Å². The minimum absolute atomic E-state index is 0.0878. The van der Waals surface area contributed by atoms with E-state index < -0.39 is 0 Å². The molecule has 0 saturated heterocycles. The second kappa shape index (κ2) is 8.72. The molecule has 0 unspecified atom stereocenters. The summed E-state index contributed by atoms with van der Waals surface area (Å²) >= 11 is 0. The molecule has 0 aliphatic rings. The summed E-state index contributed by atoms with van der Waals surface area (Å²) < 4.78 is 10.5. The van der Waals surface area contributed by atoms with Gasteiger partial charge in [0.25, 0.3) is 0 Å². The number of carbonyl (C=O) groups is 1. The van der Waals surface area contributed by atoms with Crippen molar-refractivity contribution in [2.75, 3.05) is 27.3 Å². The number of carbonyl (C=O) groups excluding carboxylic acids is 1. The molecule has 0 heterocycles. The Morgan fingerprint density at radius 3 is 2.32 bits per heavy atom. The molecule has 0 atom stereocenters. The van der Waals surface area contributed by atoms with Gasteiger partial charge in [-0.2, -0.15) is 0 Å². The highest BCUT2D eigenvalue weighted by molar-refractivity contribution is 5.95. The third-order valence-corrected chi connectivity index (χ3v) is 3.18. The summed E-state index contributed by atoms with van der Waals surface area (Å²) in [6, 6.07) is 5.51. The maximum atomic E-state index is 12.3. The van der Waals surface area contributed by atoms with Gasteiger partial charge in [0, 0.05) is 30.8 Å². The fourth-order valence-corrected chi connectivity index (χ4v) is 2.04. The second-order valence-electron chi connectivity index (χ2n) is 4.71. The first kappa shape index (κ1) is 17.6. The van der Waals surface area contributed by atoms with Crippen LogP contribution in [-0.4, -0.2) is 38.1 Å². The van der Waals surface area contributed by atoms with Gasteiger partial charge < -0.3 is 14.4 Å².